The van der Waals surface area contributed by atoms with Gasteiger partial charge in [0.2, 0.25) is 0 Å². The number of pyridine rings is 3. The number of benzene rings is 1. The van der Waals surface area contributed by atoms with E-state index < -0.39 is 17.6 Å². The largest absolute Gasteiger partial charge is 0.417 e. The molecule has 8 nitrogen and oxygen atoms in total. The Labute approximate surface area is 198 Å². The summed E-state index contributed by atoms with van der Waals surface area (Å²) < 4.78 is 38.9. The number of para-hydroxylation sites is 1. The molecule has 0 aliphatic carbocycles. The van der Waals surface area contributed by atoms with Crippen LogP contribution in [0.3, 0.4) is 0 Å². The topological polar surface area (TPSA) is 109 Å². The number of nitrogens with zero attached hydrogens (tertiary/aromatic N) is 5. The lowest BCUT2D eigenvalue weighted by atomic mass is 10.1. The Balaban J connectivity index is 1.72. The van der Waals surface area contributed by atoms with Crippen LogP contribution in [0.15, 0.2) is 78.2 Å². The van der Waals surface area contributed by atoms with E-state index in [0.717, 1.165) is 17.6 Å². The molecule has 0 saturated heterocycles. The first-order valence-corrected chi connectivity index (χ1v) is 10.4. The maximum atomic E-state index is 13.6. The highest BCUT2D eigenvalue weighted by Crippen LogP contribution is 2.30. The van der Waals surface area contributed by atoms with E-state index in [1.807, 2.05) is 12.1 Å². The third kappa shape index (κ3) is 5.35. The molecular weight excluding hydrogens is 459 g/mol. The average Bonchev–Trinajstić information content (AvgIpc) is 2.87. The van der Waals surface area contributed by atoms with Crippen molar-refractivity contribution < 1.29 is 18.0 Å². The van der Waals surface area contributed by atoms with E-state index in [0.29, 0.717) is 17.0 Å². The zero-order valence-corrected chi connectivity index (χ0v) is 18.5. The molecule has 0 aliphatic heterocycles. The van der Waals surface area contributed by atoms with Crippen LogP contribution in [-0.2, 0) is 12.7 Å². The van der Waals surface area contributed by atoms with Crippen molar-refractivity contribution in [2.24, 2.45) is 10.7 Å². The molecule has 3 aromatic heterocycles. The summed E-state index contributed by atoms with van der Waals surface area (Å²) in [5.74, 6) is 0.127. The van der Waals surface area contributed by atoms with Gasteiger partial charge in [-0.2, -0.15) is 13.2 Å². The molecule has 0 aliphatic rings. The molecule has 0 spiro atoms. The Hall–Kier alpha value is -4.54. The highest BCUT2D eigenvalue weighted by atomic mass is 19.4. The molecule has 3 N–H and O–H groups in total. The fourth-order valence-electron chi connectivity index (χ4n) is 3.36. The number of hydrogen-bond acceptors (Lipinski definition) is 5. The minimum Gasteiger partial charge on any atom is -0.370 e. The highest BCUT2D eigenvalue weighted by Gasteiger charge is 2.31. The van der Waals surface area contributed by atoms with Crippen molar-refractivity contribution in [1.82, 2.24) is 15.0 Å². The SMILES string of the molecule is CN=C(N)Nc1ccc(C(=O)N(Cc2ccc(C(F)(F)F)cn2)c2cccc3cccnc23)cn1. The predicted octanol–water partition coefficient (Wildman–Crippen LogP) is 4.25. The highest BCUT2D eigenvalue weighted by molar-refractivity contribution is 6.09. The Morgan fingerprint density at radius 2 is 1.83 bits per heavy atom. The third-order valence-electron chi connectivity index (χ3n) is 5.13. The molecule has 4 aromatic rings. The Morgan fingerprint density at radius 1 is 1.03 bits per heavy atom. The number of rotatable bonds is 5. The van der Waals surface area contributed by atoms with Gasteiger partial charge < -0.3 is 16.0 Å². The van der Waals surface area contributed by atoms with E-state index in [4.69, 9.17) is 5.73 Å². The maximum Gasteiger partial charge on any atom is 0.417 e. The number of hydrogen-bond donors (Lipinski definition) is 2. The van der Waals surface area contributed by atoms with Gasteiger partial charge in [0.15, 0.2) is 5.96 Å². The minimum atomic E-state index is -4.51. The molecule has 1 amide bonds. The van der Waals surface area contributed by atoms with Gasteiger partial charge in [0.1, 0.15) is 5.82 Å². The Morgan fingerprint density at radius 3 is 2.49 bits per heavy atom. The first-order valence-electron chi connectivity index (χ1n) is 10.4. The molecule has 0 saturated carbocycles. The molecule has 11 heteroatoms. The van der Waals surface area contributed by atoms with E-state index >= 15 is 0 Å². The molecule has 178 valence electrons. The smallest absolute Gasteiger partial charge is 0.370 e. The van der Waals surface area contributed by atoms with Gasteiger partial charge in [-0.25, -0.2) is 4.98 Å². The van der Waals surface area contributed by atoms with Crippen molar-refractivity contribution in [3.8, 4) is 0 Å². The number of halogens is 3. The first-order chi connectivity index (χ1) is 16.8. The van der Waals surface area contributed by atoms with Gasteiger partial charge in [-0.1, -0.05) is 18.2 Å². The molecule has 0 fully saturated rings. The summed E-state index contributed by atoms with van der Waals surface area (Å²) in [6.07, 6.45) is -0.777. The zero-order valence-electron chi connectivity index (χ0n) is 18.5. The zero-order chi connectivity index (χ0) is 25.0. The average molecular weight is 479 g/mol. The molecule has 0 atom stereocenters. The number of nitrogens with one attached hydrogen (secondary N) is 1. The number of carbonyl (C=O) groups excluding carboxylic acids is 1. The van der Waals surface area contributed by atoms with Gasteiger partial charge in [-0.15, -0.1) is 0 Å². The molecule has 35 heavy (non-hydrogen) atoms. The van der Waals surface area contributed by atoms with Gasteiger partial charge >= 0.3 is 6.18 Å². The van der Waals surface area contributed by atoms with Crippen LogP contribution >= 0.6 is 0 Å². The second kappa shape index (κ2) is 9.75. The van der Waals surface area contributed by atoms with Crippen LogP contribution < -0.4 is 16.0 Å². The first kappa shape index (κ1) is 23.6. The maximum absolute atomic E-state index is 13.6. The summed E-state index contributed by atoms with van der Waals surface area (Å²) in [6, 6.07) is 14.3. The van der Waals surface area contributed by atoms with Gasteiger partial charge in [-0.05, 0) is 36.4 Å². The van der Waals surface area contributed by atoms with Gasteiger partial charge in [-0.3, -0.25) is 19.8 Å². The summed E-state index contributed by atoms with van der Waals surface area (Å²) in [4.78, 5) is 31.3. The molecular formula is C24H20F3N7O. The summed E-state index contributed by atoms with van der Waals surface area (Å²) in [7, 11) is 1.52. The molecule has 0 radical (unpaired) electrons. The van der Waals surface area contributed by atoms with Crippen molar-refractivity contribution in [2.45, 2.75) is 12.7 Å². The molecule has 0 unspecified atom stereocenters. The number of carbonyl (C=O) groups is 1. The van der Waals surface area contributed by atoms with Gasteiger partial charge in [0.05, 0.1) is 34.6 Å². The van der Waals surface area contributed by atoms with Crippen molar-refractivity contribution in [2.75, 3.05) is 17.3 Å². The van der Waals surface area contributed by atoms with Crippen molar-refractivity contribution in [1.29, 1.82) is 0 Å². The van der Waals surface area contributed by atoms with Crippen LogP contribution in [0.1, 0.15) is 21.6 Å². The number of fused-ring (bicyclic) bond motifs is 1. The molecule has 0 bridgehead atoms. The third-order valence-corrected chi connectivity index (χ3v) is 5.13. The fourth-order valence-corrected chi connectivity index (χ4v) is 3.36. The Bertz CT molecular complexity index is 1370. The molecule has 1 aromatic carbocycles. The number of anilines is 2. The lowest BCUT2D eigenvalue weighted by Gasteiger charge is -2.24. The fraction of sp³-hybridized carbons (Fsp3) is 0.125. The van der Waals surface area contributed by atoms with E-state index in [9.17, 15) is 18.0 Å². The second-order valence-corrected chi connectivity index (χ2v) is 7.45. The number of alkyl halides is 3. The number of amides is 1. The van der Waals surface area contributed by atoms with Crippen LogP contribution in [0, 0.1) is 0 Å². The van der Waals surface area contributed by atoms with Gasteiger partial charge in [0.25, 0.3) is 5.91 Å². The summed E-state index contributed by atoms with van der Waals surface area (Å²) in [5, 5.41) is 3.58. The van der Waals surface area contributed by atoms with E-state index in [1.165, 1.54) is 24.2 Å². The number of guanidine groups is 1. The van der Waals surface area contributed by atoms with E-state index in [-0.39, 0.29) is 23.8 Å². The number of aromatic nitrogens is 3. The van der Waals surface area contributed by atoms with Crippen LogP contribution in [0.25, 0.3) is 10.9 Å². The summed E-state index contributed by atoms with van der Waals surface area (Å²) in [5.41, 5.74) is 6.35. The standard InChI is InChI=1S/C24H20F3N7O/c1-29-23(28)33-20-10-7-16(12-32-20)22(35)34(14-18-9-8-17(13-31-18)24(25,26)27)19-6-2-4-15-5-3-11-30-21(15)19/h2-13H,14H2,1H3,(H3,28,29,32,33). The van der Waals surface area contributed by atoms with Crippen LogP contribution in [0.5, 0.6) is 0 Å². The second-order valence-electron chi connectivity index (χ2n) is 7.45. The summed E-state index contributed by atoms with van der Waals surface area (Å²) in [6.45, 7) is -0.0812. The predicted molar refractivity (Wildman–Crippen MR) is 127 cm³/mol. The van der Waals surface area contributed by atoms with Crippen LogP contribution in [0.2, 0.25) is 0 Å². The minimum absolute atomic E-state index is 0.0812. The quantitative estimate of drug-likeness (QED) is 0.327. The number of aliphatic imine (C=N–C) groups is 1. The molecule has 4 rings (SSSR count). The van der Waals surface area contributed by atoms with Crippen molar-refractivity contribution >= 4 is 34.3 Å². The van der Waals surface area contributed by atoms with E-state index in [1.54, 1.807) is 36.5 Å². The normalized spacial score (nSPS) is 11.9. The summed E-state index contributed by atoms with van der Waals surface area (Å²) >= 11 is 0. The van der Waals surface area contributed by atoms with Crippen molar-refractivity contribution in [3.63, 3.8) is 0 Å². The number of nitrogens with two attached hydrogens (primary N) is 1. The lowest BCUT2D eigenvalue weighted by Crippen LogP contribution is -2.31. The van der Waals surface area contributed by atoms with Crippen LogP contribution in [0.4, 0.5) is 24.7 Å². The molecule has 3 heterocycles. The van der Waals surface area contributed by atoms with Crippen molar-refractivity contribution in [3.05, 3.63) is 90.0 Å². The van der Waals surface area contributed by atoms with E-state index in [2.05, 4.69) is 25.3 Å². The lowest BCUT2D eigenvalue weighted by molar-refractivity contribution is -0.137. The Kier molecular flexibility index (Phi) is 6.58. The monoisotopic (exact) mass is 479 g/mol. The van der Waals surface area contributed by atoms with Gasteiger partial charge in [0, 0.05) is 31.0 Å². The van der Waals surface area contributed by atoms with Crippen LogP contribution in [-0.4, -0.2) is 33.9 Å².